The van der Waals surface area contributed by atoms with Crippen molar-refractivity contribution in [3.63, 3.8) is 0 Å². The van der Waals surface area contributed by atoms with Gasteiger partial charge in [-0.15, -0.1) is 0 Å². The average molecular weight is 252 g/mol. The Hall–Kier alpha value is -1.56. The summed E-state index contributed by atoms with van der Waals surface area (Å²) >= 11 is 1.36. The minimum atomic E-state index is -0.0116. The molecule has 6 heteroatoms. The summed E-state index contributed by atoms with van der Waals surface area (Å²) in [4.78, 5) is 15.5. The molecule has 0 aliphatic heterocycles. The molecule has 1 aromatic heterocycles. The molecule has 17 heavy (non-hydrogen) atoms. The van der Waals surface area contributed by atoms with Crippen molar-refractivity contribution in [1.82, 2.24) is 10.3 Å². The smallest absolute Gasteiger partial charge is 0.230 e. The molecule has 0 spiro atoms. The van der Waals surface area contributed by atoms with E-state index in [-0.39, 0.29) is 17.8 Å². The molecule has 1 aromatic rings. The van der Waals surface area contributed by atoms with Gasteiger partial charge in [0.1, 0.15) is 5.84 Å². The van der Waals surface area contributed by atoms with Crippen LogP contribution in [0, 0.1) is 5.41 Å². The number of amides is 1. The molecule has 5 nitrogen and oxygen atoms in total. The predicted octanol–water partition coefficient (Wildman–Crippen LogP) is 0.982. The Balaban J connectivity index is 2.47. The highest BCUT2D eigenvalue weighted by atomic mass is 32.2. The number of carbonyl (C=O) groups is 1. The van der Waals surface area contributed by atoms with Gasteiger partial charge in [-0.05, 0) is 26.0 Å². The highest BCUT2D eigenvalue weighted by molar-refractivity contribution is 7.99. The third-order valence-corrected chi connectivity index (χ3v) is 2.79. The monoisotopic (exact) mass is 252 g/mol. The van der Waals surface area contributed by atoms with E-state index in [4.69, 9.17) is 11.1 Å². The third-order valence-electron chi connectivity index (χ3n) is 1.85. The van der Waals surface area contributed by atoms with Crippen LogP contribution in [0.1, 0.15) is 19.4 Å². The van der Waals surface area contributed by atoms with Crippen LogP contribution in [0.3, 0.4) is 0 Å². The van der Waals surface area contributed by atoms with Gasteiger partial charge in [0.05, 0.1) is 10.8 Å². The fraction of sp³-hybridized carbons (Fsp3) is 0.364. The van der Waals surface area contributed by atoms with E-state index in [1.165, 1.54) is 18.0 Å². The van der Waals surface area contributed by atoms with E-state index in [2.05, 4.69) is 10.3 Å². The molecule has 1 heterocycles. The number of nitrogen functional groups attached to an aromatic ring is 1. The Kier molecular flexibility index (Phi) is 4.96. The fourth-order valence-corrected chi connectivity index (χ4v) is 1.78. The molecule has 0 aromatic carbocycles. The minimum Gasteiger partial charge on any atom is -0.384 e. The molecule has 0 saturated carbocycles. The zero-order valence-corrected chi connectivity index (χ0v) is 10.7. The Labute approximate surface area is 105 Å². The van der Waals surface area contributed by atoms with E-state index < -0.39 is 0 Å². The minimum absolute atomic E-state index is 0.00778. The molecule has 92 valence electrons. The molecule has 0 radical (unpaired) electrons. The second kappa shape index (κ2) is 6.24. The van der Waals surface area contributed by atoms with E-state index in [0.717, 1.165) is 5.03 Å². The molecule has 0 saturated heterocycles. The number of thioether (sulfide) groups is 1. The van der Waals surface area contributed by atoms with Crippen molar-refractivity contribution in [3.8, 4) is 0 Å². The fourth-order valence-electron chi connectivity index (χ4n) is 1.13. The van der Waals surface area contributed by atoms with Gasteiger partial charge in [0.15, 0.2) is 0 Å². The number of pyridine rings is 1. The predicted molar refractivity (Wildman–Crippen MR) is 69.3 cm³/mol. The summed E-state index contributed by atoms with van der Waals surface area (Å²) in [7, 11) is 0. The van der Waals surface area contributed by atoms with Crippen molar-refractivity contribution in [1.29, 1.82) is 5.41 Å². The largest absolute Gasteiger partial charge is 0.384 e. The zero-order valence-electron chi connectivity index (χ0n) is 9.86. The number of aromatic nitrogens is 1. The van der Waals surface area contributed by atoms with E-state index in [0.29, 0.717) is 11.3 Å². The van der Waals surface area contributed by atoms with Crippen LogP contribution in [-0.2, 0) is 4.79 Å². The number of carbonyl (C=O) groups excluding carboxylic acids is 1. The van der Waals surface area contributed by atoms with Gasteiger partial charge >= 0.3 is 0 Å². The summed E-state index contributed by atoms with van der Waals surface area (Å²) in [6, 6.07) is 3.62. The zero-order chi connectivity index (χ0) is 12.8. The molecule has 1 amide bonds. The molecule has 1 rings (SSSR count). The van der Waals surface area contributed by atoms with Crippen LogP contribution in [-0.4, -0.2) is 28.5 Å². The summed E-state index contributed by atoms with van der Waals surface area (Å²) in [6.07, 6.45) is 1.53. The lowest BCUT2D eigenvalue weighted by molar-refractivity contribution is -0.119. The first-order valence-electron chi connectivity index (χ1n) is 5.21. The Morgan fingerprint density at radius 1 is 1.59 bits per heavy atom. The number of nitrogens with zero attached hydrogens (tertiary/aromatic N) is 1. The van der Waals surface area contributed by atoms with Gasteiger partial charge in [-0.3, -0.25) is 10.2 Å². The quantitative estimate of drug-likeness (QED) is 0.414. The summed E-state index contributed by atoms with van der Waals surface area (Å²) in [5, 5.41) is 10.8. The first kappa shape index (κ1) is 13.5. The number of nitrogens with two attached hydrogens (primary N) is 1. The normalized spacial score (nSPS) is 10.3. The molecule has 0 atom stereocenters. The summed E-state index contributed by atoms with van der Waals surface area (Å²) < 4.78 is 0. The van der Waals surface area contributed by atoms with Crippen LogP contribution in [0.5, 0.6) is 0 Å². The van der Waals surface area contributed by atoms with Crippen molar-refractivity contribution in [3.05, 3.63) is 23.9 Å². The van der Waals surface area contributed by atoms with Gasteiger partial charge in [0.25, 0.3) is 0 Å². The van der Waals surface area contributed by atoms with Gasteiger partial charge in [0, 0.05) is 17.8 Å². The van der Waals surface area contributed by atoms with Crippen LogP contribution >= 0.6 is 11.8 Å². The van der Waals surface area contributed by atoms with E-state index in [1.54, 1.807) is 12.1 Å². The second-order valence-electron chi connectivity index (χ2n) is 3.81. The first-order valence-corrected chi connectivity index (χ1v) is 6.20. The first-order chi connectivity index (χ1) is 7.99. The van der Waals surface area contributed by atoms with Gasteiger partial charge < -0.3 is 11.1 Å². The standard InChI is InChI=1S/C11H16N4OS/c1-7(2)15-9(16)6-17-10-4-3-8(5-14-10)11(12)13/h3-5,7H,6H2,1-2H3,(H3,12,13)(H,15,16). The van der Waals surface area contributed by atoms with Crippen molar-refractivity contribution >= 4 is 23.5 Å². The maximum atomic E-state index is 11.4. The lowest BCUT2D eigenvalue weighted by atomic mass is 10.3. The number of rotatable bonds is 5. The Morgan fingerprint density at radius 2 is 2.29 bits per heavy atom. The molecular formula is C11H16N4OS. The van der Waals surface area contributed by atoms with Gasteiger partial charge in [0.2, 0.25) is 5.91 Å². The van der Waals surface area contributed by atoms with Crippen LogP contribution in [0.25, 0.3) is 0 Å². The molecule has 0 unspecified atom stereocenters. The van der Waals surface area contributed by atoms with E-state index in [1.807, 2.05) is 13.8 Å². The Morgan fingerprint density at radius 3 is 2.76 bits per heavy atom. The average Bonchev–Trinajstić information content (AvgIpc) is 2.26. The summed E-state index contributed by atoms with van der Waals surface area (Å²) in [5.41, 5.74) is 5.90. The lowest BCUT2D eigenvalue weighted by Gasteiger charge is -2.07. The number of amidine groups is 1. The maximum Gasteiger partial charge on any atom is 0.230 e. The van der Waals surface area contributed by atoms with Crippen LogP contribution in [0.15, 0.2) is 23.4 Å². The molecule has 0 aliphatic rings. The Bertz CT molecular complexity index is 402. The van der Waals surface area contributed by atoms with Crippen molar-refractivity contribution in [2.75, 3.05) is 5.75 Å². The summed E-state index contributed by atoms with van der Waals surface area (Å²) in [6.45, 7) is 3.84. The number of hydrogen-bond donors (Lipinski definition) is 3. The topological polar surface area (TPSA) is 91.9 Å². The maximum absolute atomic E-state index is 11.4. The molecule has 0 bridgehead atoms. The highest BCUT2D eigenvalue weighted by Gasteiger charge is 2.05. The highest BCUT2D eigenvalue weighted by Crippen LogP contribution is 2.14. The summed E-state index contributed by atoms with van der Waals surface area (Å²) in [5.74, 6) is 0.318. The van der Waals surface area contributed by atoms with Gasteiger partial charge in [-0.1, -0.05) is 11.8 Å². The molecule has 0 fully saturated rings. The van der Waals surface area contributed by atoms with E-state index in [9.17, 15) is 4.79 Å². The van der Waals surface area contributed by atoms with Crippen molar-refractivity contribution in [2.24, 2.45) is 5.73 Å². The SMILES string of the molecule is CC(C)NC(=O)CSc1ccc(C(=N)N)cn1. The van der Waals surface area contributed by atoms with Crippen molar-refractivity contribution in [2.45, 2.75) is 24.9 Å². The van der Waals surface area contributed by atoms with Crippen LogP contribution < -0.4 is 11.1 Å². The molecular weight excluding hydrogens is 236 g/mol. The number of hydrogen-bond acceptors (Lipinski definition) is 4. The van der Waals surface area contributed by atoms with E-state index >= 15 is 0 Å². The third kappa shape index (κ3) is 4.86. The van der Waals surface area contributed by atoms with Gasteiger partial charge in [-0.25, -0.2) is 4.98 Å². The number of nitrogens with one attached hydrogen (secondary N) is 2. The van der Waals surface area contributed by atoms with Crippen LogP contribution in [0.2, 0.25) is 0 Å². The second-order valence-corrected chi connectivity index (χ2v) is 4.81. The van der Waals surface area contributed by atoms with Crippen molar-refractivity contribution < 1.29 is 4.79 Å². The van der Waals surface area contributed by atoms with Gasteiger partial charge in [-0.2, -0.15) is 0 Å². The lowest BCUT2D eigenvalue weighted by Crippen LogP contribution is -2.31. The molecule has 4 N–H and O–H groups in total. The van der Waals surface area contributed by atoms with Crippen LogP contribution in [0.4, 0.5) is 0 Å². The molecule has 0 aliphatic carbocycles.